The molecule has 2 amide bonds. The van der Waals surface area contributed by atoms with E-state index in [1.54, 1.807) is 7.11 Å². The quantitative estimate of drug-likeness (QED) is 0.852. The van der Waals surface area contributed by atoms with E-state index >= 15 is 0 Å². The first-order chi connectivity index (χ1) is 12.3. The zero-order valence-electron chi connectivity index (χ0n) is 15.4. The van der Waals surface area contributed by atoms with Crippen LogP contribution < -0.4 is 10.1 Å². The van der Waals surface area contributed by atoms with E-state index in [0.29, 0.717) is 6.04 Å². The third-order valence-corrected chi connectivity index (χ3v) is 5.43. The van der Waals surface area contributed by atoms with E-state index in [-0.39, 0.29) is 6.03 Å². The number of nitrogens with one attached hydrogen (secondary N) is 1. The Hall–Kier alpha value is -1.75. The summed E-state index contributed by atoms with van der Waals surface area (Å²) in [5, 5.41) is 3.26. The van der Waals surface area contributed by atoms with Crippen molar-refractivity contribution in [1.82, 2.24) is 15.1 Å². The molecule has 0 bridgehead atoms. The number of benzene rings is 1. The summed E-state index contributed by atoms with van der Waals surface area (Å²) in [6, 6.07) is 8.67. The Balaban J connectivity index is 1.45. The number of hydrogen-bond acceptors (Lipinski definition) is 3. The first-order valence-corrected chi connectivity index (χ1v) is 9.66. The zero-order valence-corrected chi connectivity index (χ0v) is 15.4. The molecule has 25 heavy (non-hydrogen) atoms. The van der Waals surface area contributed by atoms with Gasteiger partial charge in [0, 0.05) is 44.3 Å². The maximum atomic E-state index is 12.5. The molecule has 2 aliphatic rings. The van der Waals surface area contributed by atoms with Crippen molar-refractivity contribution in [1.29, 1.82) is 0 Å². The van der Waals surface area contributed by atoms with Gasteiger partial charge in [0.15, 0.2) is 0 Å². The van der Waals surface area contributed by atoms with E-state index in [1.165, 1.54) is 31.2 Å². The molecule has 1 aromatic carbocycles. The summed E-state index contributed by atoms with van der Waals surface area (Å²) in [6.45, 7) is 4.30. The van der Waals surface area contributed by atoms with Gasteiger partial charge in [0.25, 0.3) is 0 Å². The smallest absolute Gasteiger partial charge is 0.317 e. The SMILES string of the molecule is COc1ccccc1CN1CCN(C(=O)NC2CCCCCC2)CC1. The number of amides is 2. The number of methoxy groups -OCH3 is 1. The molecule has 1 aliphatic carbocycles. The molecule has 0 unspecified atom stereocenters. The van der Waals surface area contributed by atoms with Gasteiger partial charge < -0.3 is 15.0 Å². The summed E-state index contributed by atoms with van der Waals surface area (Å²) in [5.74, 6) is 0.941. The normalized spacial score (nSPS) is 20.1. The molecular formula is C20H31N3O2. The Bertz CT molecular complexity index is 548. The van der Waals surface area contributed by atoms with E-state index < -0.39 is 0 Å². The molecule has 0 spiro atoms. The zero-order chi connectivity index (χ0) is 17.5. The summed E-state index contributed by atoms with van der Waals surface area (Å²) in [6.07, 6.45) is 7.40. The summed E-state index contributed by atoms with van der Waals surface area (Å²) in [4.78, 5) is 16.9. The van der Waals surface area contributed by atoms with Crippen molar-refractivity contribution in [3.63, 3.8) is 0 Å². The third kappa shape index (κ3) is 5.11. The molecule has 5 heteroatoms. The monoisotopic (exact) mass is 345 g/mol. The first-order valence-electron chi connectivity index (χ1n) is 9.66. The standard InChI is InChI=1S/C20H31N3O2/c1-25-19-11-7-6-8-17(19)16-22-12-14-23(15-13-22)20(24)21-18-9-4-2-3-5-10-18/h6-8,11,18H,2-5,9-10,12-16H2,1H3,(H,21,24). The number of urea groups is 1. The van der Waals surface area contributed by atoms with Gasteiger partial charge in [0.1, 0.15) is 5.75 Å². The molecular weight excluding hydrogens is 314 g/mol. The van der Waals surface area contributed by atoms with Gasteiger partial charge in [-0.05, 0) is 18.9 Å². The van der Waals surface area contributed by atoms with Crippen LogP contribution in [0.1, 0.15) is 44.1 Å². The topological polar surface area (TPSA) is 44.8 Å². The molecule has 1 heterocycles. The number of piperazine rings is 1. The van der Waals surface area contributed by atoms with Crippen LogP contribution in [0.4, 0.5) is 4.79 Å². The lowest BCUT2D eigenvalue weighted by Crippen LogP contribution is -2.53. The van der Waals surface area contributed by atoms with Crippen molar-refractivity contribution in [2.75, 3.05) is 33.3 Å². The van der Waals surface area contributed by atoms with Gasteiger partial charge in [-0.2, -0.15) is 0 Å². The molecule has 1 aromatic rings. The average molecular weight is 345 g/mol. The Morgan fingerprint density at radius 1 is 1.08 bits per heavy atom. The minimum Gasteiger partial charge on any atom is -0.496 e. The van der Waals surface area contributed by atoms with Crippen molar-refractivity contribution in [3.05, 3.63) is 29.8 Å². The van der Waals surface area contributed by atoms with E-state index in [1.807, 2.05) is 23.1 Å². The van der Waals surface area contributed by atoms with Crippen LogP contribution in [0, 0.1) is 0 Å². The minimum atomic E-state index is 0.129. The molecule has 2 fully saturated rings. The minimum absolute atomic E-state index is 0.129. The van der Waals surface area contributed by atoms with E-state index in [0.717, 1.165) is 51.3 Å². The summed E-state index contributed by atoms with van der Waals surface area (Å²) >= 11 is 0. The largest absolute Gasteiger partial charge is 0.496 e. The maximum Gasteiger partial charge on any atom is 0.317 e. The number of para-hydroxylation sites is 1. The van der Waals surface area contributed by atoms with Crippen molar-refractivity contribution in [2.24, 2.45) is 0 Å². The van der Waals surface area contributed by atoms with Crippen molar-refractivity contribution in [2.45, 2.75) is 51.1 Å². The van der Waals surface area contributed by atoms with Gasteiger partial charge >= 0.3 is 6.03 Å². The average Bonchev–Trinajstić information content (AvgIpc) is 2.91. The lowest BCUT2D eigenvalue weighted by Gasteiger charge is -2.35. The molecule has 0 aromatic heterocycles. The Morgan fingerprint density at radius 3 is 2.44 bits per heavy atom. The fourth-order valence-electron chi connectivity index (χ4n) is 3.87. The van der Waals surface area contributed by atoms with E-state index in [2.05, 4.69) is 16.3 Å². The highest BCUT2D eigenvalue weighted by Crippen LogP contribution is 2.20. The highest BCUT2D eigenvalue weighted by molar-refractivity contribution is 5.74. The lowest BCUT2D eigenvalue weighted by atomic mass is 10.1. The van der Waals surface area contributed by atoms with Gasteiger partial charge in [0.2, 0.25) is 0 Å². The van der Waals surface area contributed by atoms with Crippen LogP contribution in [0.3, 0.4) is 0 Å². The predicted octanol–water partition coefficient (Wildman–Crippen LogP) is 3.25. The number of carbonyl (C=O) groups excluding carboxylic acids is 1. The summed E-state index contributed by atoms with van der Waals surface area (Å²) in [5.41, 5.74) is 1.21. The second-order valence-electron chi connectivity index (χ2n) is 7.21. The van der Waals surface area contributed by atoms with Gasteiger partial charge in [-0.15, -0.1) is 0 Å². The fourth-order valence-corrected chi connectivity index (χ4v) is 3.87. The lowest BCUT2D eigenvalue weighted by molar-refractivity contribution is 0.132. The van der Waals surface area contributed by atoms with Crippen molar-refractivity contribution in [3.8, 4) is 5.75 Å². The summed E-state index contributed by atoms with van der Waals surface area (Å²) in [7, 11) is 1.72. The number of ether oxygens (including phenoxy) is 1. The molecule has 1 saturated carbocycles. The van der Waals surface area contributed by atoms with Crippen LogP contribution in [0.2, 0.25) is 0 Å². The van der Waals surface area contributed by atoms with Crippen LogP contribution in [-0.2, 0) is 6.54 Å². The van der Waals surface area contributed by atoms with Crippen LogP contribution in [0.15, 0.2) is 24.3 Å². The molecule has 1 aliphatic heterocycles. The second-order valence-corrected chi connectivity index (χ2v) is 7.21. The van der Waals surface area contributed by atoms with Crippen LogP contribution >= 0.6 is 0 Å². The van der Waals surface area contributed by atoms with E-state index in [9.17, 15) is 4.79 Å². The molecule has 0 radical (unpaired) electrons. The summed E-state index contributed by atoms with van der Waals surface area (Å²) < 4.78 is 5.44. The molecule has 1 saturated heterocycles. The Kier molecular flexibility index (Phi) is 6.56. The van der Waals surface area contributed by atoms with Crippen molar-refractivity contribution < 1.29 is 9.53 Å². The van der Waals surface area contributed by atoms with Crippen molar-refractivity contribution >= 4 is 6.03 Å². The van der Waals surface area contributed by atoms with Crippen LogP contribution in [0.5, 0.6) is 5.75 Å². The Morgan fingerprint density at radius 2 is 1.76 bits per heavy atom. The van der Waals surface area contributed by atoms with Gasteiger partial charge in [0.05, 0.1) is 7.11 Å². The fraction of sp³-hybridized carbons (Fsp3) is 0.650. The molecule has 0 atom stereocenters. The number of carbonyl (C=O) groups is 1. The highest BCUT2D eigenvalue weighted by Gasteiger charge is 2.23. The number of hydrogen-bond donors (Lipinski definition) is 1. The van der Waals surface area contributed by atoms with E-state index in [4.69, 9.17) is 4.74 Å². The first kappa shape index (κ1) is 18.1. The third-order valence-electron chi connectivity index (χ3n) is 5.43. The molecule has 1 N–H and O–H groups in total. The number of rotatable bonds is 4. The van der Waals surface area contributed by atoms with Crippen LogP contribution in [-0.4, -0.2) is 55.2 Å². The van der Waals surface area contributed by atoms with Gasteiger partial charge in [-0.25, -0.2) is 4.79 Å². The predicted molar refractivity (Wildman–Crippen MR) is 99.9 cm³/mol. The van der Waals surface area contributed by atoms with Gasteiger partial charge in [-0.1, -0.05) is 43.9 Å². The second kappa shape index (κ2) is 9.09. The molecule has 138 valence electrons. The van der Waals surface area contributed by atoms with Gasteiger partial charge in [-0.3, -0.25) is 4.90 Å². The number of nitrogens with zero attached hydrogens (tertiary/aromatic N) is 2. The molecule has 3 rings (SSSR count). The molecule has 5 nitrogen and oxygen atoms in total. The Labute approximate surface area is 151 Å². The van der Waals surface area contributed by atoms with Crippen LogP contribution in [0.25, 0.3) is 0 Å². The highest BCUT2D eigenvalue weighted by atomic mass is 16.5. The maximum absolute atomic E-state index is 12.5.